The number of ether oxygens (including phenoxy) is 1. The molecular weight excluding hydrogens is 314 g/mol. The normalized spacial score (nSPS) is 20.6. The first-order valence-corrected chi connectivity index (χ1v) is 8.40. The summed E-state index contributed by atoms with van der Waals surface area (Å²) in [6.45, 7) is 3.05. The van der Waals surface area contributed by atoms with Gasteiger partial charge in [0, 0.05) is 30.5 Å². The zero-order valence-corrected chi connectivity index (χ0v) is 14.0. The van der Waals surface area contributed by atoms with Gasteiger partial charge in [0.2, 0.25) is 0 Å². The van der Waals surface area contributed by atoms with Crippen molar-refractivity contribution in [3.05, 3.63) is 72.2 Å². The summed E-state index contributed by atoms with van der Waals surface area (Å²) in [5, 5.41) is 0.779. The number of hydrogen-bond acceptors (Lipinski definition) is 4. The van der Waals surface area contributed by atoms with Gasteiger partial charge in [-0.25, -0.2) is 0 Å². The molecule has 5 nitrogen and oxygen atoms in total. The SMILES string of the molecule is C[C@H]1CN(C(=O)c2ccnc3ccncc23)[C@H](c2ccccc2)CO1. The second kappa shape index (κ2) is 6.61. The smallest absolute Gasteiger partial charge is 0.255 e. The number of carbonyl (C=O) groups is 1. The van der Waals surface area contributed by atoms with Gasteiger partial charge in [0.25, 0.3) is 5.91 Å². The van der Waals surface area contributed by atoms with Crippen LogP contribution in [0.15, 0.2) is 61.1 Å². The molecule has 0 N–H and O–H groups in total. The largest absolute Gasteiger partial charge is 0.374 e. The first-order chi connectivity index (χ1) is 12.2. The molecule has 0 bridgehead atoms. The predicted octanol–water partition coefficient (Wildman–Crippen LogP) is 3.23. The fraction of sp³-hybridized carbons (Fsp3) is 0.250. The summed E-state index contributed by atoms with van der Waals surface area (Å²) in [5.74, 6) is -0.00981. The maximum absolute atomic E-state index is 13.4. The van der Waals surface area contributed by atoms with Crippen molar-refractivity contribution >= 4 is 16.8 Å². The van der Waals surface area contributed by atoms with Crippen LogP contribution in [-0.2, 0) is 4.74 Å². The standard InChI is InChI=1S/C20H19N3O2/c1-14-12-23(19(13-25-14)15-5-3-2-4-6-15)20(24)16-7-10-22-18-8-9-21-11-17(16)18/h2-11,14,19H,12-13H2,1H3/t14-,19-/m0/s1. The Morgan fingerprint density at radius 2 is 2.00 bits per heavy atom. The monoisotopic (exact) mass is 333 g/mol. The fourth-order valence-corrected chi connectivity index (χ4v) is 3.31. The van der Waals surface area contributed by atoms with E-state index in [2.05, 4.69) is 9.97 Å². The Bertz CT molecular complexity index is 892. The third-order valence-electron chi connectivity index (χ3n) is 4.59. The molecule has 2 atom stereocenters. The molecule has 3 heterocycles. The number of fused-ring (bicyclic) bond motifs is 1. The summed E-state index contributed by atoms with van der Waals surface area (Å²) in [6, 6.07) is 13.5. The molecule has 0 aliphatic carbocycles. The second-order valence-corrected chi connectivity index (χ2v) is 6.28. The molecule has 1 fully saturated rings. The lowest BCUT2D eigenvalue weighted by atomic mass is 10.0. The van der Waals surface area contributed by atoms with Crippen LogP contribution < -0.4 is 0 Å². The van der Waals surface area contributed by atoms with Gasteiger partial charge in [0.15, 0.2) is 0 Å². The number of amides is 1. The zero-order chi connectivity index (χ0) is 17.2. The van der Waals surface area contributed by atoms with Crippen LogP contribution in [0.4, 0.5) is 0 Å². The summed E-state index contributed by atoms with van der Waals surface area (Å²) in [7, 11) is 0. The molecule has 0 radical (unpaired) electrons. The molecule has 1 aliphatic rings. The molecule has 25 heavy (non-hydrogen) atoms. The molecule has 0 unspecified atom stereocenters. The number of nitrogens with zero attached hydrogens (tertiary/aromatic N) is 3. The van der Waals surface area contributed by atoms with Crippen LogP contribution in [0.25, 0.3) is 10.9 Å². The van der Waals surface area contributed by atoms with Crippen LogP contribution in [0.3, 0.4) is 0 Å². The van der Waals surface area contributed by atoms with Crippen LogP contribution in [0.5, 0.6) is 0 Å². The molecule has 2 aromatic heterocycles. The number of pyridine rings is 2. The van der Waals surface area contributed by atoms with Crippen LogP contribution >= 0.6 is 0 Å². The van der Waals surface area contributed by atoms with Crippen LogP contribution in [0.1, 0.15) is 28.9 Å². The molecule has 126 valence electrons. The maximum atomic E-state index is 13.4. The van der Waals surface area contributed by atoms with Crippen molar-refractivity contribution < 1.29 is 9.53 Å². The molecule has 1 saturated heterocycles. The van der Waals surface area contributed by atoms with E-state index in [9.17, 15) is 4.79 Å². The quantitative estimate of drug-likeness (QED) is 0.722. The molecule has 0 saturated carbocycles. The zero-order valence-electron chi connectivity index (χ0n) is 14.0. The Kier molecular flexibility index (Phi) is 4.15. The van der Waals surface area contributed by atoms with E-state index in [0.717, 1.165) is 16.5 Å². The molecule has 5 heteroatoms. The highest BCUT2D eigenvalue weighted by Crippen LogP contribution is 2.29. The van der Waals surface area contributed by atoms with E-state index in [1.165, 1.54) is 0 Å². The van der Waals surface area contributed by atoms with Gasteiger partial charge in [0.05, 0.1) is 29.8 Å². The predicted molar refractivity (Wildman–Crippen MR) is 95.2 cm³/mol. The first kappa shape index (κ1) is 15.7. The third kappa shape index (κ3) is 2.98. The van der Waals surface area contributed by atoms with Crippen molar-refractivity contribution in [2.75, 3.05) is 13.2 Å². The number of benzene rings is 1. The highest BCUT2D eigenvalue weighted by molar-refractivity contribution is 6.05. The van der Waals surface area contributed by atoms with E-state index in [1.807, 2.05) is 48.2 Å². The van der Waals surface area contributed by atoms with Crippen molar-refractivity contribution in [2.24, 2.45) is 0 Å². The number of morpholine rings is 1. The van der Waals surface area contributed by atoms with Gasteiger partial charge in [-0.3, -0.25) is 14.8 Å². The maximum Gasteiger partial charge on any atom is 0.255 e. The van der Waals surface area contributed by atoms with E-state index < -0.39 is 0 Å². The van der Waals surface area contributed by atoms with Gasteiger partial charge in [-0.05, 0) is 24.6 Å². The first-order valence-electron chi connectivity index (χ1n) is 8.40. The topological polar surface area (TPSA) is 55.3 Å². The van der Waals surface area contributed by atoms with Gasteiger partial charge in [-0.1, -0.05) is 30.3 Å². The Balaban J connectivity index is 1.75. The number of aromatic nitrogens is 2. The summed E-state index contributed by atoms with van der Waals surface area (Å²) in [6.07, 6.45) is 5.08. The number of hydrogen-bond donors (Lipinski definition) is 0. The van der Waals surface area contributed by atoms with Crippen molar-refractivity contribution in [1.82, 2.24) is 14.9 Å². The minimum Gasteiger partial charge on any atom is -0.374 e. The minimum absolute atomic E-state index is 0.00939. The van der Waals surface area contributed by atoms with Crippen molar-refractivity contribution in [3.63, 3.8) is 0 Å². The Morgan fingerprint density at radius 1 is 1.16 bits per heavy atom. The van der Waals surface area contributed by atoms with E-state index in [0.29, 0.717) is 18.7 Å². The molecule has 1 aromatic carbocycles. The lowest BCUT2D eigenvalue weighted by Gasteiger charge is -2.39. The van der Waals surface area contributed by atoms with Crippen molar-refractivity contribution in [2.45, 2.75) is 19.1 Å². The summed E-state index contributed by atoms with van der Waals surface area (Å²) in [4.78, 5) is 23.7. The fourth-order valence-electron chi connectivity index (χ4n) is 3.31. The van der Waals surface area contributed by atoms with Crippen LogP contribution in [0.2, 0.25) is 0 Å². The van der Waals surface area contributed by atoms with E-state index in [-0.39, 0.29) is 18.1 Å². The van der Waals surface area contributed by atoms with E-state index in [1.54, 1.807) is 24.7 Å². The molecular formula is C20H19N3O2. The molecule has 4 rings (SSSR count). The lowest BCUT2D eigenvalue weighted by Crippen LogP contribution is -2.46. The molecule has 1 aliphatic heterocycles. The Labute approximate surface area is 146 Å². The van der Waals surface area contributed by atoms with Crippen LogP contribution in [0, 0.1) is 0 Å². The number of carbonyl (C=O) groups excluding carboxylic acids is 1. The van der Waals surface area contributed by atoms with Gasteiger partial charge < -0.3 is 9.64 Å². The summed E-state index contributed by atoms with van der Waals surface area (Å²) < 4.78 is 5.83. The van der Waals surface area contributed by atoms with Crippen molar-refractivity contribution in [1.29, 1.82) is 0 Å². The Hall–Kier alpha value is -2.79. The highest BCUT2D eigenvalue weighted by Gasteiger charge is 2.32. The Morgan fingerprint density at radius 3 is 2.84 bits per heavy atom. The van der Waals surface area contributed by atoms with Crippen molar-refractivity contribution in [3.8, 4) is 0 Å². The van der Waals surface area contributed by atoms with Gasteiger partial charge in [-0.2, -0.15) is 0 Å². The van der Waals surface area contributed by atoms with E-state index in [4.69, 9.17) is 4.74 Å². The average Bonchev–Trinajstić information content (AvgIpc) is 2.67. The highest BCUT2D eigenvalue weighted by atomic mass is 16.5. The summed E-state index contributed by atoms with van der Waals surface area (Å²) >= 11 is 0. The van der Waals surface area contributed by atoms with Gasteiger partial charge in [0.1, 0.15) is 0 Å². The molecule has 0 spiro atoms. The molecule has 1 amide bonds. The number of rotatable bonds is 2. The minimum atomic E-state index is -0.0928. The second-order valence-electron chi connectivity index (χ2n) is 6.28. The van der Waals surface area contributed by atoms with Gasteiger partial charge >= 0.3 is 0 Å². The molecule has 3 aromatic rings. The van der Waals surface area contributed by atoms with Gasteiger partial charge in [-0.15, -0.1) is 0 Å². The third-order valence-corrected chi connectivity index (χ3v) is 4.59. The average molecular weight is 333 g/mol. The lowest BCUT2D eigenvalue weighted by molar-refractivity contribution is -0.0447. The van der Waals surface area contributed by atoms with E-state index >= 15 is 0 Å². The summed E-state index contributed by atoms with van der Waals surface area (Å²) in [5.41, 5.74) is 2.49. The van der Waals surface area contributed by atoms with Crippen LogP contribution in [-0.4, -0.2) is 40.0 Å².